The second-order valence-corrected chi connectivity index (χ2v) is 20.4. The van der Waals surface area contributed by atoms with E-state index in [2.05, 4.69) is 62.5 Å². The van der Waals surface area contributed by atoms with Crippen molar-refractivity contribution < 1.29 is 24.5 Å². The molecule has 0 fully saturated rings. The van der Waals surface area contributed by atoms with Crippen LogP contribution in [0.3, 0.4) is 0 Å². The Balaban J connectivity index is 4.59. The van der Waals surface area contributed by atoms with Gasteiger partial charge in [0.05, 0.1) is 25.2 Å². The fourth-order valence-corrected chi connectivity index (χ4v) is 9.18. The molecule has 3 unspecified atom stereocenters. The van der Waals surface area contributed by atoms with Gasteiger partial charge in [-0.15, -0.1) is 0 Å². The minimum absolute atomic E-state index is 0.0670. The number of ether oxygens (including phenoxy) is 1. The van der Waals surface area contributed by atoms with Crippen LogP contribution in [0.25, 0.3) is 0 Å². The molecule has 0 aliphatic heterocycles. The zero-order valence-electron chi connectivity index (χ0n) is 45.0. The first-order valence-electron chi connectivity index (χ1n) is 29.7. The minimum Gasteiger partial charge on any atom is -0.462 e. The Morgan fingerprint density at radius 2 is 0.761 bits per heavy atom. The number of amides is 1. The smallest absolute Gasteiger partial charge is 0.306 e. The average Bonchev–Trinajstić information content (AvgIpc) is 3.32. The molecule has 0 aliphatic carbocycles. The van der Waals surface area contributed by atoms with E-state index in [1.807, 2.05) is 0 Å². The fourth-order valence-electron chi connectivity index (χ4n) is 9.18. The number of carbonyl (C=O) groups is 2. The largest absolute Gasteiger partial charge is 0.462 e. The van der Waals surface area contributed by atoms with Gasteiger partial charge in [0, 0.05) is 6.42 Å². The van der Waals surface area contributed by atoms with Crippen molar-refractivity contribution in [2.24, 2.45) is 0 Å². The Bertz CT molecular complexity index is 1100. The van der Waals surface area contributed by atoms with Crippen molar-refractivity contribution in [3.8, 4) is 0 Å². The number of hydrogen-bond acceptors (Lipinski definition) is 5. The summed E-state index contributed by atoms with van der Waals surface area (Å²) in [7, 11) is 0. The molecule has 0 aliphatic rings. The number of unbranched alkanes of at least 4 members (excludes halogenated alkanes) is 37. The maximum absolute atomic E-state index is 13.3. The lowest BCUT2D eigenvalue weighted by Crippen LogP contribution is -2.46. The van der Waals surface area contributed by atoms with Crippen molar-refractivity contribution in [1.29, 1.82) is 0 Å². The van der Waals surface area contributed by atoms with E-state index in [-0.39, 0.29) is 24.9 Å². The number of nitrogens with one attached hydrogen (secondary N) is 1. The molecular formula is C61H115NO5. The van der Waals surface area contributed by atoms with Gasteiger partial charge in [0.25, 0.3) is 0 Å². The summed E-state index contributed by atoms with van der Waals surface area (Å²) < 4.78 is 5.96. The van der Waals surface area contributed by atoms with Crippen LogP contribution in [0.4, 0.5) is 0 Å². The molecule has 6 heteroatoms. The molecule has 0 saturated carbocycles. The molecule has 3 atom stereocenters. The molecule has 6 nitrogen and oxygen atoms in total. The molecule has 3 N–H and O–H groups in total. The van der Waals surface area contributed by atoms with Gasteiger partial charge in [-0.2, -0.15) is 0 Å². The van der Waals surface area contributed by atoms with E-state index in [1.54, 1.807) is 0 Å². The second kappa shape index (κ2) is 55.0. The van der Waals surface area contributed by atoms with Crippen molar-refractivity contribution in [3.05, 3.63) is 36.5 Å². The molecule has 0 aromatic carbocycles. The predicted octanol–water partition coefficient (Wildman–Crippen LogP) is 18.4. The summed E-state index contributed by atoms with van der Waals surface area (Å²) in [4.78, 5) is 26.3. The monoisotopic (exact) mass is 942 g/mol. The second-order valence-electron chi connectivity index (χ2n) is 20.4. The van der Waals surface area contributed by atoms with E-state index >= 15 is 0 Å². The summed E-state index contributed by atoms with van der Waals surface area (Å²) in [5.41, 5.74) is 0. The zero-order chi connectivity index (χ0) is 48.8. The van der Waals surface area contributed by atoms with Crippen LogP contribution < -0.4 is 5.32 Å². The number of allylic oxidation sites excluding steroid dienone is 6. The van der Waals surface area contributed by atoms with Crippen molar-refractivity contribution >= 4 is 11.9 Å². The predicted molar refractivity (Wildman–Crippen MR) is 292 cm³/mol. The summed E-state index contributed by atoms with van der Waals surface area (Å²) in [6.07, 6.45) is 66.4. The van der Waals surface area contributed by atoms with Crippen LogP contribution in [-0.4, -0.2) is 46.9 Å². The Morgan fingerprint density at radius 1 is 0.433 bits per heavy atom. The highest BCUT2D eigenvalue weighted by Crippen LogP contribution is 2.18. The lowest BCUT2D eigenvalue weighted by molar-refractivity contribution is -0.151. The van der Waals surface area contributed by atoms with E-state index in [4.69, 9.17) is 4.74 Å². The lowest BCUT2D eigenvalue weighted by Gasteiger charge is -2.24. The van der Waals surface area contributed by atoms with E-state index in [1.165, 1.54) is 205 Å². The fraction of sp³-hybridized carbons (Fsp3) is 0.869. The molecule has 0 bridgehead atoms. The van der Waals surface area contributed by atoms with E-state index in [0.29, 0.717) is 19.3 Å². The molecule has 0 aromatic rings. The van der Waals surface area contributed by atoms with Crippen LogP contribution in [0.15, 0.2) is 36.5 Å². The highest BCUT2D eigenvalue weighted by Gasteiger charge is 2.24. The van der Waals surface area contributed by atoms with Gasteiger partial charge in [-0.25, -0.2) is 0 Å². The van der Waals surface area contributed by atoms with Gasteiger partial charge < -0.3 is 20.3 Å². The molecule has 0 saturated heterocycles. The first-order chi connectivity index (χ1) is 33.0. The summed E-state index contributed by atoms with van der Waals surface area (Å²) in [6, 6.07) is -0.707. The van der Waals surface area contributed by atoms with Gasteiger partial charge in [0.2, 0.25) is 5.91 Å². The summed E-state index contributed by atoms with van der Waals surface area (Å²) in [5, 5.41) is 23.9. The van der Waals surface area contributed by atoms with Crippen LogP contribution in [-0.2, 0) is 14.3 Å². The van der Waals surface area contributed by atoms with Crippen molar-refractivity contribution in [1.82, 2.24) is 5.32 Å². The summed E-state index contributed by atoms with van der Waals surface area (Å²) >= 11 is 0. The highest BCUT2D eigenvalue weighted by atomic mass is 16.5. The Kier molecular flexibility index (Phi) is 53.4. The molecule has 394 valence electrons. The van der Waals surface area contributed by atoms with Crippen molar-refractivity contribution in [2.75, 3.05) is 6.61 Å². The SMILES string of the molecule is CCCCCCCC/C=C/CCCCCCCCCC(CC(=O)NC(CO)C(O)CCCCCCCCCCCCCCCCC)OC(=O)CCCCC/C=C/C=C/CCCCCCCCC. The molecule has 0 aromatic heterocycles. The standard InChI is InChI=1S/C61H115NO5/c1-4-7-10-13-16-19-22-25-28-30-32-34-37-40-43-46-49-52-57(67-61(66)54-51-48-45-42-39-36-33-29-26-23-20-17-14-11-8-5-2)55-60(65)62-58(56-63)59(64)53-50-47-44-41-38-35-31-27-24-21-18-15-12-9-6-3/h25,28-29,33,36,39,57-59,63-64H,4-24,26-27,30-32,34-35,37-38,40-56H2,1-3H3,(H,62,65)/b28-25+,33-29+,39-36+. The van der Waals surface area contributed by atoms with Crippen molar-refractivity contribution in [2.45, 2.75) is 334 Å². The number of aliphatic hydroxyl groups excluding tert-OH is 2. The Hall–Kier alpha value is -1.92. The Labute approximate surface area is 417 Å². The minimum atomic E-state index is -0.793. The van der Waals surface area contributed by atoms with E-state index < -0.39 is 18.2 Å². The third-order valence-corrected chi connectivity index (χ3v) is 13.7. The first-order valence-corrected chi connectivity index (χ1v) is 29.7. The van der Waals surface area contributed by atoms with E-state index in [9.17, 15) is 19.8 Å². The van der Waals surface area contributed by atoms with Gasteiger partial charge in [0.1, 0.15) is 6.10 Å². The summed E-state index contributed by atoms with van der Waals surface area (Å²) in [6.45, 7) is 6.51. The first kappa shape index (κ1) is 65.1. The van der Waals surface area contributed by atoms with Crippen LogP contribution in [0.5, 0.6) is 0 Å². The maximum Gasteiger partial charge on any atom is 0.306 e. The quantitative estimate of drug-likeness (QED) is 0.0244. The van der Waals surface area contributed by atoms with Gasteiger partial charge in [-0.1, -0.05) is 263 Å². The van der Waals surface area contributed by atoms with Crippen LogP contribution in [0.1, 0.15) is 316 Å². The summed E-state index contributed by atoms with van der Waals surface area (Å²) in [5.74, 6) is -0.494. The number of carbonyl (C=O) groups excluding carboxylic acids is 2. The van der Waals surface area contributed by atoms with Gasteiger partial charge in [-0.05, 0) is 77.0 Å². The van der Waals surface area contributed by atoms with Crippen LogP contribution in [0.2, 0.25) is 0 Å². The average molecular weight is 943 g/mol. The normalized spacial score (nSPS) is 13.3. The third-order valence-electron chi connectivity index (χ3n) is 13.7. The highest BCUT2D eigenvalue weighted by molar-refractivity contribution is 5.77. The number of rotatable bonds is 54. The van der Waals surface area contributed by atoms with Gasteiger partial charge in [0.15, 0.2) is 0 Å². The molecule has 0 radical (unpaired) electrons. The molecule has 0 heterocycles. The molecule has 67 heavy (non-hydrogen) atoms. The van der Waals surface area contributed by atoms with E-state index in [0.717, 1.165) is 64.2 Å². The Morgan fingerprint density at radius 3 is 1.15 bits per heavy atom. The molecule has 0 spiro atoms. The number of hydrogen-bond donors (Lipinski definition) is 3. The molecule has 1 amide bonds. The lowest BCUT2D eigenvalue weighted by atomic mass is 10.0. The molecule has 0 rings (SSSR count). The van der Waals surface area contributed by atoms with Gasteiger partial charge >= 0.3 is 5.97 Å². The maximum atomic E-state index is 13.3. The van der Waals surface area contributed by atoms with Crippen molar-refractivity contribution in [3.63, 3.8) is 0 Å². The number of esters is 1. The van der Waals surface area contributed by atoms with Crippen LogP contribution in [0, 0.1) is 0 Å². The zero-order valence-corrected chi connectivity index (χ0v) is 45.0. The molecular weight excluding hydrogens is 827 g/mol. The third kappa shape index (κ3) is 50.3. The van der Waals surface area contributed by atoms with Gasteiger partial charge in [-0.3, -0.25) is 9.59 Å². The number of aliphatic hydroxyl groups is 2. The van der Waals surface area contributed by atoms with Crippen LogP contribution >= 0.6 is 0 Å². The topological polar surface area (TPSA) is 95.9 Å².